The van der Waals surface area contributed by atoms with E-state index in [2.05, 4.69) is 61.0 Å². The molecule has 3 aromatic rings. The van der Waals surface area contributed by atoms with Crippen LogP contribution in [0.3, 0.4) is 0 Å². The van der Waals surface area contributed by atoms with Gasteiger partial charge in [0.2, 0.25) is 0 Å². The molecule has 1 fully saturated rings. The fourth-order valence-corrected chi connectivity index (χ4v) is 7.46. The predicted octanol–water partition coefficient (Wildman–Crippen LogP) is 6.88. The third-order valence-corrected chi connectivity index (χ3v) is 9.05. The number of amidine groups is 1. The Kier molecular flexibility index (Phi) is 7.09. The van der Waals surface area contributed by atoms with E-state index < -0.39 is 0 Å². The van der Waals surface area contributed by atoms with Crippen LogP contribution in [0.5, 0.6) is 0 Å². The van der Waals surface area contributed by atoms with E-state index in [4.69, 9.17) is 4.99 Å². The quantitative estimate of drug-likeness (QED) is 0.386. The largest absolute Gasteiger partial charge is 0.353 e. The van der Waals surface area contributed by atoms with Crippen molar-refractivity contribution >= 4 is 34.6 Å². The van der Waals surface area contributed by atoms with E-state index in [0.717, 1.165) is 56.0 Å². The molecule has 1 atom stereocenters. The highest BCUT2D eigenvalue weighted by Crippen LogP contribution is 2.45. The Bertz CT molecular complexity index is 1190. The van der Waals surface area contributed by atoms with Gasteiger partial charge < -0.3 is 4.90 Å². The number of rotatable bonds is 5. The molecule has 0 aliphatic carbocycles. The predicted molar refractivity (Wildman–Crippen MR) is 142 cm³/mol. The van der Waals surface area contributed by atoms with Gasteiger partial charge in [-0.05, 0) is 68.1 Å². The Morgan fingerprint density at radius 1 is 1.09 bits per heavy atom. The van der Waals surface area contributed by atoms with Crippen LogP contribution >= 0.6 is 23.1 Å². The van der Waals surface area contributed by atoms with Crippen molar-refractivity contribution in [1.82, 2.24) is 9.80 Å². The molecule has 6 heteroatoms. The van der Waals surface area contributed by atoms with Crippen molar-refractivity contribution in [2.75, 3.05) is 26.7 Å². The maximum Gasteiger partial charge on any atom is 0.138 e. The Balaban J connectivity index is 1.42. The number of para-hydroxylation sites is 1. The smallest absolute Gasteiger partial charge is 0.138 e. The Morgan fingerprint density at radius 2 is 1.94 bits per heavy atom. The summed E-state index contributed by atoms with van der Waals surface area (Å²) in [6, 6.07) is 18.3. The Labute approximate surface area is 210 Å². The number of benzene rings is 2. The average molecular weight is 494 g/mol. The third kappa shape index (κ3) is 5.24. The molecule has 2 aliphatic heterocycles. The van der Waals surface area contributed by atoms with Crippen molar-refractivity contribution in [3.63, 3.8) is 0 Å². The summed E-state index contributed by atoms with van der Waals surface area (Å²) in [6.07, 6.45) is 2.99. The summed E-state index contributed by atoms with van der Waals surface area (Å²) in [5.41, 5.74) is 3.42. The van der Waals surface area contributed by atoms with Crippen molar-refractivity contribution in [3.8, 4) is 0 Å². The molecule has 0 amide bonds. The molecule has 2 aromatic carbocycles. The molecular formula is C28H32FN3S2. The average Bonchev–Trinajstić information content (AvgIpc) is 3.12. The summed E-state index contributed by atoms with van der Waals surface area (Å²) in [5.74, 6) is 1.60. The van der Waals surface area contributed by atoms with Gasteiger partial charge in [0.1, 0.15) is 11.7 Å². The summed E-state index contributed by atoms with van der Waals surface area (Å²) in [7, 11) is 2.21. The highest BCUT2D eigenvalue weighted by molar-refractivity contribution is 8.01. The number of piperazine rings is 1. The molecule has 0 spiro atoms. The first kappa shape index (κ1) is 23.6. The molecule has 3 heterocycles. The lowest BCUT2D eigenvalue weighted by Gasteiger charge is -2.41. The molecule has 1 saturated heterocycles. The highest BCUT2D eigenvalue weighted by Gasteiger charge is 2.30. The first-order valence-corrected chi connectivity index (χ1v) is 13.8. The van der Waals surface area contributed by atoms with E-state index in [9.17, 15) is 4.39 Å². The number of hydrogen-bond donors (Lipinski definition) is 0. The van der Waals surface area contributed by atoms with Crippen LogP contribution < -0.4 is 0 Å². The van der Waals surface area contributed by atoms with Crippen LogP contribution in [0.1, 0.15) is 36.3 Å². The summed E-state index contributed by atoms with van der Waals surface area (Å²) in [6.45, 7) is 7.47. The Hall–Kier alpha value is -2.15. The number of hydrogen-bond acceptors (Lipinski definition) is 5. The van der Waals surface area contributed by atoms with Crippen LogP contribution in [0.15, 0.2) is 68.7 Å². The van der Waals surface area contributed by atoms with E-state index >= 15 is 0 Å². The standard InChI is InChI=1S/C28H32FN3S2/c1-19(2)15-23-17-24-27(30-25-9-4-5-10-26(25)34-28(24)33-23)32-14-13-31(3)22(18-32)12-11-20-7-6-8-21(29)16-20/h4-10,16-17,19,22H,11-15,18H2,1-3H3/t22-/m0/s1. The van der Waals surface area contributed by atoms with Gasteiger partial charge in [0.05, 0.1) is 9.90 Å². The second-order valence-electron chi connectivity index (χ2n) is 9.77. The molecule has 2 aliphatic rings. The minimum absolute atomic E-state index is 0.151. The lowest BCUT2D eigenvalue weighted by atomic mass is 10.0. The minimum Gasteiger partial charge on any atom is -0.353 e. The Morgan fingerprint density at radius 3 is 2.76 bits per heavy atom. The fraction of sp³-hybridized carbons (Fsp3) is 0.393. The van der Waals surface area contributed by atoms with Crippen molar-refractivity contribution in [2.24, 2.45) is 10.9 Å². The monoisotopic (exact) mass is 493 g/mol. The zero-order chi connectivity index (χ0) is 23.7. The number of aryl methyl sites for hydroxylation is 1. The van der Waals surface area contributed by atoms with E-state index in [0.29, 0.717) is 12.0 Å². The maximum atomic E-state index is 13.7. The molecular weight excluding hydrogens is 461 g/mol. The molecule has 5 rings (SSSR count). The number of likely N-dealkylation sites (N-methyl/N-ethyl adjacent to an activating group) is 1. The van der Waals surface area contributed by atoms with Gasteiger partial charge in [-0.1, -0.05) is 49.9 Å². The zero-order valence-corrected chi connectivity index (χ0v) is 21.8. The molecule has 0 saturated carbocycles. The molecule has 178 valence electrons. The van der Waals surface area contributed by atoms with Crippen LogP contribution in [0.2, 0.25) is 0 Å². The number of nitrogens with zero attached hydrogens (tertiary/aromatic N) is 3. The third-order valence-electron chi connectivity index (χ3n) is 6.63. The van der Waals surface area contributed by atoms with Gasteiger partial charge in [-0.2, -0.15) is 0 Å². The topological polar surface area (TPSA) is 18.8 Å². The van der Waals surface area contributed by atoms with Crippen LogP contribution in [0, 0.1) is 11.7 Å². The van der Waals surface area contributed by atoms with Crippen LogP contribution in [0.25, 0.3) is 0 Å². The van der Waals surface area contributed by atoms with E-state index in [1.165, 1.54) is 25.6 Å². The molecule has 0 radical (unpaired) electrons. The number of fused-ring (bicyclic) bond motifs is 2. The van der Waals surface area contributed by atoms with E-state index in [1.54, 1.807) is 6.07 Å². The second kappa shape index (κ2) is 10.2. The van der Waals surface area contributed by atoms with Gasteiger partial charge in [0.15, 0.2) is 0 Å². The molecule has 34 heavy (non-hydrogen) atoms. The second-order valence-corrected chi connectivity index (χ2v) is 12.2. The lowest BCUT2D eigenvalue weighted by molar-refractivity contribution is 0.134. The van der Waals surface area contributed by atoms with Gasteiger partial charge in [-0.25, -0.2) is 9.38 Å². The highest BCUT2D eigenvalue weighted by atomic mass is 32.2. The first-order chi connectivity index (χ1) is 16.5. The van der Waals surface area contributed by atoms with Crippen LogP contribution in [-0.4, -0.2) is 48.4 Å². The van der Waals surface area contributed by atoms with Crippen molar-refractivity contribution in [3.05, 3.63) is 76.4 Å². The summed E-state index contributed by atoms with van der Waals surface area (Å²) in [4.78, 5) is 12.9. The molecule has 3 nitrogen and oxygen atoms in total. The summed E-state index contributed by atoms with van der Waals surface area (Å²) >= 11 is 3.79. The number of halogens is 1. The van der Waals surface area contributed by atoms with Crippen molar-refractivity contribution < 1.29 is 4.39 Å². The molecule has 0 N–H and O–H groups in total. The van der Waals surface area contributed by atoms with E-state index in [-0.39, 0.29) is 5.82 Å². The fourth-order valence-electron chi connectivity index (χ4n) is 4.78. The van der Waals surface area contributed by atoms with Gasteiger partial charge in [0, 0.05) is 41.0 Å². The SMILES string of the molecule is CC(C)Cc1cc2c(s1)Sc1ccccc1N=C2N1CCN(C)[C@@H](CCc2cccc(F)c2)C1. The van der Waals surface area contributed by atoms with Gasteiger partial charge in [-0.3, -0.25) is 4.90 Å². The van der Waals surface area contributed by atoms with Crippen molar-refractivity contribution in [1.29, 1.82) is 0 Å². The van der Waals surface area contributed by atoms with Gasteiger partial charge >= 0.3 is 0 Å². The summed E-state index contributed by atoms with van der Waals surface area (Å²) < 4.78 is 15.0. The van der Waals surface area contributed by atoms with Gasteiger partial charge in [0.25, 0.3) is 0 Å². The van der Waals surface area contributed by atoms with Crippen LogP contribution in [0.4, 0.5) is 10.1 Å². The first-order valence-electron chi connectivity index (χ1n) is 12.1. The lowest BCUT2D eigenvalue weighted by Crippen LogP contribution is -2.53. The molecule has 0 unspecified atom stereocenters. The van der Waals surface area contributed by atoms with E-state index in [1.807, 2.05) is 35.2 Å². The van der Waals surface area contributed by atoms with Crippen LogP contribution in [-0.2, 0) is 12.8 Å². The molecule has 1 aromatic heterocycles. The zero-order valence-electron chi connectivity index (χ0n) is 20.1. The minimum atomic E-state index is -0.151. The number of aliphatic imine (C=N–C) groups is 1. The number of thiophene rings is 1. The van der Waals surface area contributed by atoms with Gasteiger partial charge in [-0.15, -0.1) is 11.3 Å². The normalized spacial score (nSPS) is 18.4. The van der Waals surface area contributed by atoms with Crippen molar-refractivity contribution in [2.45, 2.75) is 48.3 Å². The summed E-state index contributed by atoms with van der Waals surface area (Å²) in [5, 5.41) is 0. The molecule has 0 bridgehead atoms. The maximum absolute atomic E-state index is 13.7.